The first-order valence-electron chi connectivity index (χ1n) is 8.33. The quantitative estimate of drug-likeness (QED) is 0.481. The van der Waals surface area contributed by atoms with Crippen molar-refractivity contribution in [3.63, 3.8) is 0 Å². The molecule has 0 aliphatic carbocycles. The zero-order valence-corrected chi connectivity index (χ0v) is 16.3. The topological polar surface area (TPSA) is 66.0 Å². The number of pyridine rings is 1. The minimum absolute atomic E-state index is 0.263. The summed E-state index contributed by atoms with van der Waals surface area (Å²) in [6, 6.07) is 16.8. The van der Waals surface area contributed by atoms with E-state index in [0.717, 1.165) is 26.7 Å². The number of rotatable bonds is 6. The standard InChI is InChI=1S/C20H19ClN4OS/c1-14-4-2-6-18(21)19(14)27-25-17-9-7-16(8-10-17)24-20(26)23-13-15-5-3-11-22-12-15/h2-12,25H,13H2,1H3,(H2,23,24,26). The normalized spacial score (nSPS) is 10.3. The van der Waals surface area contributed by atoms with Gasteiger partial charge in [0.05, 0.1) is 5.02 Å². The highest BCUT2D eigenvalue weighted by Crippen LogP contribution is 2.31. The van der Waals surface area contributed by atoms with Crippen molar-refractivity contribution in [3.8, 4) is 0 Å². The molecule has 0 bridgehead atoms. The van der Waals surface area contributed by atoms with E-state index < -0.39 is 0 Å². The van der Waals surface area contributed by atoms with Gasteiger partial charge in [-0.3, -0.25) is 4.98 Å². The smallest absolute Gasteiger partial charge is 0.319 e. The van der Waals surface area contributed by atoms with Crippen LogP contribution in [0.3, 0.4) is 0 Å². The lowest BCUT2D eigenvalue weighted by atomic mass is 10.2. The molecule has 2 aromatic carbocycles. The third-order valence-corrected chi connectivity index (χ3v) is 5.26. The molecule has 0 unspecified atom stereocenters. The number of aromatic nitrogens is 1. The fourth-order valence-corrected chi connectivity index (χ4v) is 3.43. The Morgan fingerprint density at radius 1 is 1.07 bits per heavy atom. The molecule has 2 amide bonds. The van der Waals surface area contributed by atoms with E-state index >= 15 is 0 Å². The van der Waals surface area contributed by atoms with E-state index in [2.05, 4.69) is 20.3 Å². The number of nitrogens with zero attached hydrogens (tertiary/aromatic N) is 1. The molecule has 0 aliphatic heterocycles. The van der Waals surface area contributed by atoms with Crippen molar-refractivity contribution >= 4 is 41.0 Å². The Morgan fingerprint density at radius 3 is 2.56 bits per heavy atom. The predicted molar refractivity (Wildman–Crippen MR) is 112 cm³/mol. The lowest BCUT2D eigenvalue weighted by molar-refractivity contribution is 0.251. The number of benzene rings is 2. The Hall–Kier alpha value is -2.70. The average Bonchev–Trinajstić information content (AvgIpc) is 2.68. The van der Waals surface area contributed by atoms with Gasteiger partial charge in [-0.2, -0.15) is 0 Å². The third-order valence-electron chi connectivity index (χ3n) is 3.75. The van der Waals surface area contributed by atoms with E-state index in [1.807, 2.05) is 61.5 Å². The van der Waals surface area contributed by atoms with Crippen LogP contribution in [0.25, 0.3) is 0 Å². The van der Waals surface area contributed by atoms with E-state index in [9.17, 15) is 4.79 Å². The Morgan fingerprint density at radius 2 is 1.85 bits per heavy atom. The second-order valence-electron chi connectivity index (χ2n) is 5.84. The molecule has 0 spiro atoms. The van der Waals surface area contributed by atoms with Crippen LogP contribution in [0.5, 0.6) is 0 Å². The summed E-state index contributed by atoms with van der Waals surface area (Å²) >= 11 is 7.70. The molecular formula is C20H19ClN4OS. The van der Waals surface area contributed by atoms with Gasteiger partial charge in [0.25, 0.3) is 0 Å². The van der Waals surface area contributed by atoms with Gasteiger partial charge in [0, 0.05) is 35.2 Å². The number of nitrogens with one attached hydrogen (secondary N) is 3. The lowest BCUT2D eigenvalue weighted by Crippen LogP contribution is -2.28. The molecule has 27 heavy (non-hydrogen) atoms. The minimum atomic E-state index is -0.263. The van der Waals surface area contributed by atoms with Crippen molar-refractivity contribution in [2.24, 2.45) is 0 Å². The van der Waals surface area contributed by atoms with E-state index in [4.69, 9.17) is 11.6 Å². The van der Waals surface area contributed by atoms with Gasteiger partial charge in [0.2, 0.25) is 0 Å². The first-order chi connectivity index (χ1) is 13.1. The summed E-state index contributed by atoms with van der Waals surface area (Å²) in [6.45, 7) is 2.44. The summed E-state index contributed by atoms with van der Waals surface area (Å²) in [4.78, 5) is 17.0. The van der Waals surface area contributed by atoms with Crippen molar-refractivity contribution in [1.82, 2.24) is 10.3 Å². The van der Waals surface area contributed by atoms with Crippen LogP contribution < -0.4 is 15.4 Å². The summed E-state index contributed by atoms with van der Waals surface area (Å²) < 4.78 is 3.27. The third kappa shape index (κ3) is 5.64. The summed E-state index contributed by atoms with van der Waals surface area (Å²) in [7, 11) is 0. The number of amides is 2. The Labute approximate surface area is 167 Å². The summed E-state index contributed by atoms with van der Waals surface area (Å²) in [6.07, 6.45) is 3.42. The summed E-state index contributed by atoms with van der Waals surface area (Å²) in [5, 5.41) is 6.32. The van der Waals surface area contributed by atoms with E-state index in [1.165, 1.54) is 11.9 Å². The summed E-state index contributed by atoms with van der Waals surface area (Å²) in [5.41, 5.74) is 3.69. The second kappa shape index (κ2) is 9.30. The monoisotopic (exact) mass is 398 g/mol. The molecule has 7 heteroatoms. The van der Waals surface area contributed by atoms with Gasteiger partial charge in [-0.15, -0.1) is 0 Å². The van der Waals surface area contributed by atoms with E-state index in [-0.39, 0.29) is 6.03 Å². The maximum Gasteiger partial charge on any atom is 0.319 e. The molecule has 0 aliphatic rings. The molecule has 3 aromatic rings. The molecule has 3 rings (SSSR count). The molecule has 0 saturated heterocycles. The average molecular weight is 399 g/mol. The fourth-order valence-electron chi connectivity index (χ4n) is 2.34. The van der Waals surface area contributed by atoms with Gasteiger partial charge in [0.15, 0.2) is 0 Å². The number of hydrogen-bond donors (Lipinski definition) is 3. The van der Waals surface area contributed by atoms with Crippen LogP contribution in [-0.2, 0) is 6.54 Å². The lowest BCUT2D eigenvalue weighted by Gasteiger charge is -2.11. The molecular weight excluding hydrogens is 380 g/mol. The first kappa shape index (κ1) is 19.1. The fraction of sp³-hybridized carbons (Fsp3) is 0.100. The Balaban J connectivity index is 1.50. The Kier molecular flexibility index (Phi) is 6.57. The largest absolute Gasteiger partial charge is 0.334 e. The number of urea groups is 1. The van der Waals surface area contributed by atoms with Crippen LogP contribution in [0, 0.1) is 6.92 Å². The minimum Gasteiger partial charge on any atom is -0.334 e. The van der Waals surface area contributed by atoms with Crippen LogP contribution in [0.1, 0.15) is 11.1 Å². The first-order valence-corrected chi connectivity index (χ1v) is 9.53. The van der Waals surface area contributed by atoms with Crippen molar-refractivity contribution < 1.29 is 4.79 Å². The van der Waals surface area contributed by atoms with Crippen LogP contribution in [0.2, 0.25) is 5.02 Å². The van der Waals surface area contributed by atoms with Gasteiger partial charge in [0.1, 0.15) is 0 Å². The number of anilines is 2. The highest BCUT2D eigenvalue weighted by molar-refractivity contribution is 8.00. The van der Waals surface area contributed by atoms with E-state index in [0.29, 0.717) is 12.2 Å². The number of halogens is 1. The predicted octanol–water partition coefficient (Wildman–Crippen LogP) is 5.48. The molecule has 3 N–H and O–H groups in total. The maximum absolute atomic E-state index is 12.0. The van der Waals surface area contributed by atoms with E-state index in [1.54, 1.807) is 12.4 Å². The number of carbonyl (C=O) groups excluding carboxylic acids is 1. The van der Waals surface area contributed by atoms with Gasteiger partial charge in [-0.1, -0.05) is 29.8 Å². The number of carbonyl (C=O) groups is 1. The molecule has 1 heterocycles. The molecule has 0 saturated carbocycles. The van der Waals surface area contributed by atoms with Crippen molar-refractivity contribution in [2.45, 2.75) is 18.4 Å². The molecule has 1 aromatic heterocycles. The molecule has 5 nitrogen and oxygen atoms in total. The molecule has 138 valence electrons. The SMILES string of the molecule is Cc1cccc(Cl)c1SNc1ccc(NC(=O)NCc2cccnc2)cc1. The Bertz CT molecular complexity index is 883. The number of aryl methyl sites for hydroxylation is 1. The van der Waals surface area contributed by atoms with Crippen molar-refractivity contribution in [3.05, 3.63) is 83.1 Å². The van der Waals surface area contributed by atoms with Crippen LogP contribution in [0.4, 0.5) is 16.2 Å². The van der Waals surface area contributed by atoms with Crippen LogP contribution in [0.15, 0.2) is 71.9 Å². The van der Waals surface area contributed by atoms with Crippen molar-refractivity contribution in [1.29, 1.82) is 0 Å². The van der Waals surface area contributed by atoms with Gasteiger partial charge in [-0.25, -0.2) is 4.79 Å². The highest BCUT2D eigenvalue weighted by Gasteiger charge is 2.05. The molecule has 0 radical (unpaired) electrons. The van der Waals surface area contributed by atoms with Crippen LogP contribution in [-0.4, -0.2) is 11.0 Å². The zero-order valence-electron chi connectivity index (χ0n) is 14.7. The van der Waals surface area contributed by atoms with Crippen LogP contribution >= 0.6 is 23.5 Å². The molecule has 0 atom stereocenters. The van der Waals surface area contributed by atoms with Gasteiger partial charge in [-0.05, 0) is 66.4 Å². The van der Waals surface area contributed by atoms with Gasteiger partial charge >= 0.3 is 6.03 Å². The summed E-state index contributed by atoms with van der Waals surface area (Å²) in [5.74, 6) is 0. The van der Waals surface area contributed by atoms with Gasteiger partial charge < -0.3 is 15.4 Å². The maximum atomic E-state index is 12.0. The number of hydrogen-bond acceptors (Lipinski definition) is 4. The molecule has 0 fully saturated rings. The highest BCUT2D eigenvalue weighted by atomic mass is 35.5. The van der Waals surface area contributed by atoms with Crippen molar-refractivity contribution in [2.75, 3.05) is 10.0 Å². The zero-order chi connectivity index (χ0) is 19.1. The second-order valence-corrected chi connectivity index (χ2v) is 7.06.